The summed E-state index contributed by atoms with van der Waals surface area (Å²) in [6.07, 6.45) is -0.434. The molecule has 5 rings (SSSR count). The molecule has 1 aromatic carbocycles. The van der Waals surface area contributed by atoms with Crippen LogP contribution in [0.4, 0.5) is 4.39 Å². The third-order valence-electron chi connectivity index (χ3n) is 6.90. The van der Waals surface area contributed by atoms with E-state index in [9.17, 15) is 28.1 Å². The van der Waals surface area contributed by atoms with E-state index in [0.717, 1.165) is 0 Å². The number of halogens is 1. The van der Waals surface area contributed by atoms with E-state index in [1.54, 1.807) is 13.0 Å². The summed E-state index contributed by atoms with van der Waals surface area (Å²) < 4.78 is 40.1. The fraction of sp³-hybridized carbons (Fsp3) is 0.360. The summed E-state index contributed by atoms with van der Waals surface area (Å²) in [6.45, 7) is 0.815. The zero-order valence-corrected chi connectivity index (χ0v) is 21.1. The monoisotopic (exact) mass is 529 g/mol. The quantitative estimate of drug-likeness (QED) is 0.341. The fourth-order valence-electron chi connectivity index (χ4n) is 5.26. The number of benzene rings is 1. The Morgan fingerprint density at radius 2 is 2.16 bits per heavy atom. The molecule has 37 heavy (non-hydrogen) atoms. The molecule has 3 aromatic rings. The van der Waals surface area contributed by atoms with Gasteiger partial charge in [-0.05, 0) is 18.6 Å². The number of aliphatic hydroxyl groups excluding tert-OH is 1. The lowest BCUT2D eigenvalue weighted by atomic mass is 9.93. The van der Waals surface area contributed by atoms with Crippen LogP contribution in [-0.2, 0) is 43.0 Å². The number of pyridine rings is 2. The van der Waals surface area contributed by atoms with Gasteiger partial charge in [-0.3, -0.25) is 13.8 Å². The summed E-state index contributed by atoms with van der Waals surface area (Å²) in [5.74, 6) is -1.26. The van der Waals surface area contributed by atoms with E-state index in [1.165, 1.54) is 24.9 Å². The van der Waals surface area contributed by atoms with Gasteiger partial charge in [0.1, 0.15) is 18.5 Å². The Bertz CT molecular complexity index is 1570. The van der Waals surface area contributed by atoms with Crippen molar-refractivity contribution in [2.45, 2.75) is 37.1 Å². The number of aldehydes is 1. The van der Waals surface area contributed by atoms with Crippen molar-refractivity contribution in [1.29, 1.82) is 0 Å². The van der Waals surface area contributed by atoms with E-state index in [4.69, 9.17) is 9.47 Å². The van der Waals surface area contributed by atoms with Crippen LogP contribution in [-0.4, -0.2) is 57.6 Å². The van der Waals surface area contributed by atoms with Crippen LogP contribution in [0.15, 0.2) is 21.8 Å². The van der Waals surface area contributed by atoms with Crippen LogP contribution in [0.5, 0.6) is 0 Å². The highest BCUT2D eigenvalue weighted by Gasteiger charge is 2.37. The van der Waals surface area contributed by atoms with Crippen LogP contribution in [0.3, 0.4) is 0 Å². The fourth-order valence-corrected chi connectivity index (χ4v) is 6.86. The molecule has 0 saturated heterocycles. The van der Waals surface area contributed by atoms with E-state index in [0.29, 0.717) is 44.6 Å². The second-order valence-corrected chi connectivity index (χ2v) is 10.4. The first-order valence-corrected chi connectivity index (χ1v) is 12.8. The molecule has 3 atom stereocenters. The van der Waals surface area contributed by atoms with Crippen LogP contribution < -0.4 is 10.9 Å². The van der Waals surface area contributed by atoms with Crippen molar-refractivity contribution in [2.24, 2.45) is 0 Å². The maximum Gasteiger partial charge on any atom is 0.257 e. The highest BCUT2D eigenvalue weighted by Crippen LogP contribution is 2.45. The van der Waals surface area contributed by atoms with E-state index < -0.39 is 46.8 Å². The first-order valence-electron chi connectivity index (χ1n) is 11.4. The maximum absolute atomic E-state index is 14.9. The lowest BCUT2D eigenvalue weighted by molar-refractivity contribution is -0.124. The normalized spacial score (nSPS) is 18.4. The number of hydrogen-bond acceptors (Lipinski definition) is 8. The second kappa shape index (κ2) is 9.53. The lowest BCUT2D eigenvalue weighted by Gasteiger charge is -2.29. The van der Waals surface area contributed by atoms with Crippen molar-refractivity contribution >= 4 is 33.9 Å². The van der Waals surface area contributed by atoms with Gasteiger partial charge in [0, 0.05) is 47.9 Å². The number of nitrogens with one attached hydrogen (secondary N) is 1. The third-order valence-corrected chi connectivity index (χ3v) is 8.50. The molecular formula is C25H24FN3O7S. The zero-order valence-electron chi connectivity index (χ0n) is 20.3. The Kier molecular flexibility index (Phi) is 6.52. The minimum Gasteiger partial charge on any atom is -0.387 e. The first kappa shape index (κ1) is 25.3. The van der Waals surface area contributed by atoms with Crippen LogP contribution in [0.25, 0.3) is 22.3 Å². The lowest BCUT2D eigenvalue weighted by Crippen LogP contribution is -2.36. The van der Waals surface area contributed by atoms with Crippen molar-refractivity contribution < 1.29 is 32.8 Å². The van der Waals surface area contributed by atoms with Crippen LogP contribution in [0, 0.1) is 12.7 Å². The summed E-state index contributed by atoms with van der Waals surface area (Å²) in [6, 6.07) is 2.13. The van der Waals surface area contributed by atoms with Crippen molar-refractivity contribution in [3.63, 3.8) is 0 Å². The molecule has 194 valence electrons. The first-order chi connectivity index (χ1) is 17.7. The highest BCUT2D eigenvalue weighted by molar-refractivity contribution is 7.85. The van der Waals surface area contributed by atoms with Crippen LogP contribution in [0.2, 0.25) is 0 Å². The highest BCUT2D eigenvalue weighted by atomic mass is 32.2. The standard InChI is InChI=1S/C25H24FN3O7S/c1-11-15(26)5-16-22-21(17(27-20(32)8-31)10-37(34)24(11)22)13-6-29-18(23(13)28-16)4-12(19(7-30)36-3)14(9-35-2)25(29)33/h4-5,7,17,19,31H,6,8-10H2,1-3H3,(H,27,32). The number of aromatic nitrogens is 2. The van der Waals surface area contributed by atoms with Gasteiger partial charge >= 0.3 is 0 Å². The molecule has 12 heteroatoms. The average molecular weight is 530 g/mol. The molecule has 0 bridgehead atoms. The Morgan fingerprint density at radius 1 is 1.41 bits per heavy atom. The van der Waals surface area contributed by atoms with Gasteiger partial charge in [0.05, 0.1) is 57.5 Å². The Hall–Kier alpha value is -3.32. The van der Waals surface area contributed by atoms with Gasteiger partial charge in [-0.25, -0.2) is 9.37 Å². The van der Waals surface area contributed by atoms with E-state index in [1.807, 2.05) is 0 Å². The second-order valence-electron chi connectivity index (χ2n) is 8.93. The number of carbonyl (C=O) groups is 2. The molecule has 1 amide bonds. The van der Waals surface area contributed by atoms with E-state index in [-0.39, 0.29) is 35.5 Å². The van der Waals surface area contributed by atoms with Crippen molar-refractivity contribution in [3.05, 3.63) is 56.1 Å². The minimum absolute atomic E-state index is 0.0309. The van der Waals surface area contributed by atoms with Crippen molar-refractivity contribution in [3.8, 4) is 11.4 Å². The molecule has 0 radical (unpaired) electrons. The van der Waals surface area contributed by atoms with Gasteiger partial charge in [-0.2, -0.15) is 0 Å². The average Bonchev–Trinajstić information content (AvgIpc) is 3.24. The van der Waals surface area contributed by atoms with Gasteiger partial charge in [0.25, 0.3) is 5.56 Å². The number of ether oxygens (including phenoxy) is 2. The maximum atomic E-state index is 14.9. The van der Waals surface area contributed by atoms with E-state index in [2.05, 4.69) is 10.3 Å². The van der Waals surface area contributed by atoms with Gasteiger partial charge in [-0.1, -0.05) is 0 Å². The number of hydrogen-bond donors (Lipinski definition) is 2. The molecule has 2 N–H and O–H groups in total. The Labute approximate surface area is 212 Å². The third kappa shape index (κ3) is 3.82. The van der Waals surface area contributed by atoms with Crippen molar-refractivity contribution in [2.75, 3.05) is 26.6 Å². The minimum atomic E-state index is -1.65. The zero-order chi connectivity index (χ0) is 26.6. The molecule has 0 saturated carbocycles. The topological polar surface area (TPSA) is 137 Å². The summed E-state index contributed by atoms with van der Waals surface area (Å²) >= 11 is 0. The molecule has 4 heterocycles. The van der Waals surface area contributed by atoms with Gasteiger partial charge in [0.2, 0.25) is 5.91 Å². The number of aliphatic hydroxyl groups is 1. The number of amides is 1. The molecule has 0 fully saturated rings. The molecule has 0 spiro atoms. The molecule has 10 nitrogen and oxygen atoms in total. The number of rotatable bonds is 7. The molecule has 2 aliphatic rings. The van der Waals surface area contributed by atoms with Gasteiger partial charge < -0.3 is 29.3 Å². The summed E-state index contributed by atoms with van der Waals surface area (Å²) in [5.41, 5.74) is 2.62. The molecule has 3 unspecified atom stereocenters. The Morgan fingerprint density at radius 3 is 2.81 bits per heavy atom. The SMILES string of the molecule is COCc1c(C(C=O)OC)cc2n(c1=O)Cc1c-2nc2cc(F)c(C)c3c2c1C(NC(=O)CO)CS3=O. The number of carbonyl (C=O) groups excluding carboxylic acids is 2. The molecular weight excluding hydrogens is 505 g/mol. The molecule has 2 aliphatic heterocycles. The van der Waals surface area contributed by atoms with Gasteiger partial charge in [-0.15, -0.1) is 0 Å². The van der Waals surface area contributed by atoms with Crippen LogP contribution >= 0.6 is 0 Å². The summed E-state index contributed by atoms with van der Waals surface area (Å²) in [7, 11) is 1.14. The predicted molar refractivity (Wildman–Crippen MR) is 131 cm³/mol. The number of fused-ring (bicyclic) bond motifs is 4. The largest absolute Gasteiger partial charge is 0.387 e. The number of methoxy groups -OCH3 is 2. The molecule has 0 aliphatic carbocycles. The number of nitrogens with zero attached hydrogens (tertiary/aromatic N) is 2. The summed E-state index contributed by atoms with van der Waals surface area (Å²) in [4.78, 5) is 42.5. The smallest absolute Gasteiger partial charge is 0.257 e. The van der Waals surface area contributed by atoms with Crippen LogP contribution in [0.1, 0.15) is 40.0 Å². The predicted octanol–water partition coefficient (Wildman–Crippen LogP) is 1.18. The van der Waals surface area contributed by atoms with Crippen molar-refractivity contribution in [1.82, 2.24) is 14.9 Å². The Balaban J connectivity index is 1.86. The molecule has 2 aromatic heterocycles. The van der Waals surface area contributed by atoms with Gasteiger partial charge in [0.15, 0.2) is 6.29 Å². The van der Waals surface area contributed by atoms with E-state index >= 15 is 0 Å². The summed E-state index contributed by atoms with van der Waals surface area (Å²) in [5, 5.41) is 12.5.